The molecule has 1 nitrogen and oxygen atoms in total. The maximum absolute atomic E-state index is 2.29. The van der Waals surface area contributed by atoms with Gasteiger partial charge in [0.05, 0.1) is 5.52 Å². The number of fused-ring (bicyclic) bond motifs is 3. The summed E-state index contributed by atoms with van der Waals surface area (Å²) >= 11 is 0. The van der Waals surface area contributed by atoms with Crippen molar-refractivity contribution in [2.75, 3.05) is 0 Å². The van der Waals surface area contributed by atoms with Crippen molar-refractivity contribution >= 4 is 21.8 Å². The highest BCUT2D eigenvalue weighted by molar-refractivity contribution is 6.09. The quantitative estimate of drug-likeness (QED) is 0.528. The van der Waals surface area contributed by atoms with E-state index in [-0.39, 0.29) is 0 Å². The van der Waals surface area contributed by atoms with Gasteiger partial charge in [0.1, 0.15) is 0 Å². The predicted molar refractivity (Wildman–Crippen MR) is 69.9 cm³/mol. The first kappa shape index (κ1) is 9.46. The standard InChI is InChI=1S/C15H15N/c1-10-8-11(2)15-13(9-10)12-6-4-5-7-14(12)16(15)3/h4-9H,1-3H3. The van der Waals surface area contributed by atoms with Crippen molar-refractivity contribution in [1.82, 2.24) is 4.57 Å². The molecule has 0 amide bonds. The lowest BCUT2D eigenvalue weighted by molar-refractivity contribution is 1.01. The number of aromatic nitrogens is 1. The number of hydrogen-bond donors (Lipinski definition) is 0. The van der Waals surface area contributed by atoms with Crippen LogP contribution in [0.1, 0.15) is 11.1 Å². The maximum Gasteiger partial charge on any atom is 0.0518 e. The van der Waals surface area contributed by atoms with E-state index in [1.165, 1.54) is 32.9 Å². The zero-order chi connectivity index (χ0) is 11.3. The lowest BCUT2D eigenvalue weighted by Gasteiger charge is -2.02. The summed E-state index contributed by atoms with van der Waals surface area (Å²) in [5.41, 5.74) is 5.35. The lowest BCUT2D eigenvalue weighted by atomic mass is 10.1. The smallest absolute Gasteiger partial charge is 0.0518 e. The summed E-state index contributed by atoms with van der Waals surface area (Å²) in [6.07, 6.45) is 0. The van der Waals surface area contributed by atoms with Crippen LogP contribution in [0.5, 0.6) is 0 Å². The van der Waals surface area contributed by atoms with Gasteiger partial charge < -0.3 is 4.57 Å². The van der Waals surface area contributed by atoms with Crippen LogP contribution in [0.4, 0.5) is 0 Å². The van der Waals surface area contributed by atoms with Gasteiger partial charge in [-0.05, 0) is 31.5 Å². The molecule has 3 aromatic rings. The van der Waals surface area contributed by atoms with Crippen LogP contribution in [-0.2, 0) is 7.05 Å². The first-order chi connectivity index (χ1) is 7.68. The van der Waals surface area contributed by atoms with Crippen LogP contribution in [-0.4, -0.2) is 4.57 Å². The third-order valence-corrected chi connectivity index (χ3v) is 3.34. The average Bonchev–Trinajstić information content (AvgIpc) is 2.54. The van der Waals surface area contributed by atoms with Gasteiger partial charge in [0.15, 0.2) is 0 Å². The maximum atomic E-state index is 2.29. The molecule has 16 heavy (non-hydrogen) atoms. The first-order valence-electron chi connectivity index (χ1n) is 5.63. The number of rotatable bonds is 0. The number of para-hydroxylation sites is 1. The molecule has 2 aromatic carbocycles. The molecule has 0 fully saturated rings. The van der Waals surface area contributed by atoms with Gasteiger partial charge in [0, 0.05) is 23.3 Å². The summed E-state index contributed by atoms with van der Waals surface area (Å²) in [5.74, 6) is 0. The molecule has 1 aromatic heterocycles. The van der Waals surface area contributed by atoms with Crippen LogP contribution < -0.4 is 0 Å². The van der Waals surface area contributed by atoms with Crippen molar-refractivity contribution in [2.45, 2.75) is 13.8 Å². The molecule has 0 unspecified atom stereocenters. The monoisotopic (exact) mass is 209 g/mol. The Morgan fingerprint density at radius 3 is 2.50 bits per heavy atom. The topological polar surface area (TPSA) is 4.93 Å². The molecule has 0 N–H and O–H groups in total. The predicted octanol–water partition coefficient (Wildman–Crippen LogP) is 3.95. The van der Waals surface area contributed by atoms with Gasteiger partial charge in [0.2, 0.25) is 0 Å². The summed E-state index contributed by atoms with van der Waals surface area (Å²) in [6.45, 7) is 4.35. The van der Waals surface area contributed by atoms with E-state index >= 15 is 0 Å². The van der Waals surface area contributed by atoms with E-state index in [0.717, 1.165) is 0 Å². The van der Waals surface area contributed by atoms with Crippen molar-refractivity contribution in [1.29, 1.82) is 0 Å². The second kappa shape index (κ2) is 3.11. The van der Waals surface area contributed by atoms with Gasteiger partial charge in [-0.15, -0.1) is 0 Å². The fourth-order valence-corrected chi connectivity index (χ4v) is 2.72. The fraction of sp³-hybridized carbons (Fsp3) is 0.200. The highest BCUT2D eigenvalue weighted by Gasteiger charge is 2.09. The molecule has 0 saturated heterocycles. The van der Waals surface area contributed by atoms with E-state index in [0.29, 0.717) is 0 Å². The number of hydrogen-bond acceptors (Lipinski definition) is 0. The Morgan fingerprint density at radius 1 is 0.938 bits per heavy atom. The second-order valence-corrected chi connectivity index (χ2v) is 4.55. The number of aryl methyl sites for hydroxylation is 3. The van der Waals surface area contributed by atoms with Gasteiger partial charge in [-0.3, -0.25) is 0 Å². The van der Waals surface area contributed by atoms with E-state index in [9.17, 15) is 0 Å². The van der Waals surface area contributed by atoms with Crippen LogP contribution >= 0.6 is 0 Å². The highest BCUT2D eigenvalue weighted by Crippen LogP contribution is 2.30. The zero-order valence-electron chi connectivity index (χ0n) is 9.91. The lowest BCUT2D eigenvalue weighted by Crippen LogP contribution is -1.89. The molecule has 0 bridgehead atoms. The van der Waals surface area contributed by atoms with Gasteiger partial charge in [0.25, 0.3) is 0 Å². The normalized spacial score (nSPS) is 11.4. The summed E-state index contributed by atoms with van der Waals surface area (Å²) in [5, 5.41) is 2.72. The van der Waals surface area contributed by atoms with Crippen molar-refractivity contribution < 1.29 is 0 Å². The molecule has 1 heterocycles. The van der Waals surface area contributed by atoms with E-state index in [1.54, 1.807) is 0 Å². The number of nitrogens with zero attached hydrogens (tertiary/aromatic N) is 1. The Balaban J connectivity index is 2.67. The average molecular weight is 209 g/mol. The van der Waals surface area contributed by atoms with Crippen LogP contribution in [0.25, 0.3) is 21.8 Å². The zero-order valence-corrected chi connectivity index (χ0v) is 9.91. The summed E-state index contributed by atoms with van der Waals surface area (Å²) in [4.78, 5) is 0. The molecule has 3 rings (SSSR count). The molecule has 0 aliphatic rings. The Morgan fingerprint density at radius 2 is 1.69 bits per heavy atom. The van der Waals surface area contributed by atoms with E-state index in [2.05, 4.69) is 61.9 Å². The summed E-state index contributed by atoms with van der Waals surface area (Å²) < 4.78 is 2.29. The van der Waals surface area contributed by atoms with Gasteiger partial charge in [-0.25, -0.2) is 0 Å². The molecule has 0 spiro atoms. The van der Waals surface area contributed by atoms with Crippen LogP contribution in [0.15, 0.2) is 36.4 Å². The highest BCUT2D eigenvalue weighted by atomic mass is 14.9. The second-order valence-electron chi connectivity index (χ2n) is 4.55. The third-order valence-electron chi connectivity index (χ3n) is 3.34. The van der Waals surface area contributed by atoms with Crippen molar-refractivity contribution in [3.8, 4) is 0 Å². The molecular weight excluding hydrogens is 194 g/mol. The van der Waals surface area contributed by atoms with E-state index < -0.39 is 0 Å². The molecule has 0 aliphatic heterocycles. The third kappa shape index (κ3) is 1.12. The van der Waals surface area contributed by atoms with Crippen LogP contribution in [0.2, 0.25) is 0 Å². The molecule has 0 radical (unpaired) electrons. The molecule has 0 atom stereocenters. The van der Waals surface area contributed by atoms with Crippen LogP contribution in [0, 0.1) is 13.8 Å². The Labute approximate surface area is 95.3 Å². The molecular formula is C15H15N. The minimum Gasteiger partial charge on any atom is -0.343 e. The van der Waals surface area contributed by atoms with Crippen molar-refractivity contribution in [3.63, 3.8) is 0 Å². The van der Waals surface area contributed by atoms with Gasteiger partial charge in [-0.1, -0.05) is 29.8 Å². The number of benzene rings is 2. The Hall–Kier alpha value is -1.76. The van der Waals surface area contributed by atoms with Crippen LogP contribution in [0.3, 0.4) is 0 Å². The van der Waals surface area contributed by atoms with E-state index in [4.69, 9.17) is 0 Å². The largest absolute Gasteiger partial charge is 0.343 e. The molecule has 0 aliphatic carbocycles. The minimum atomic E-state index is 1.31. The molecule has 80 valence electrons. The molecule has 1 heteroatoms. The van der Waals surface area contributed by atoms with Crippen molar-refractivity contribution in [3.05, 3.63) is 47.5 Å². The Bertz CT molecular complexity index is 689. The fourth-order valence-electron chi connectivity index (χ4n) is 2.72. The summed E-state index contributed by atoms with van der Waals surface area (Å²) in [7, 11) is 2.15. The Kier molecular flexibility index (Phi) is 1.84. The van der Waals surface area contributed by atoms with Crippen molar-refractivity contribution in [2.24, 2.45) is 7.05 Å². The molecule has 0 saturated carbocycles. The summed E-state index contributed by atoms with van der Waals surface area (Å²) in [6, 6.07) is 13.1. The minimum absolute atomic E-state index is 1.31. The van der Waals surface area contributed by atoms with Gasteiger partial charge in [-0.2, -0.15) is 0 Å². The van der Waals surface area contributed by atoms with Gasteiger partial charge >= 0.3 is 0 Å². The SMILES string of the molecule is Cc1cc(C)c2c(c1)c1ccccc1n2C. The van der Waals surface area contributed by atoms with E-state index in [1.807, 2.05) is 0 Å². The first-order valence-corrected chi connectivity index (χ1v) is 5.63.